The fourth-order valence-electron chi connectivity index (χ4n) is 1.16. The van der Waals surface area contributed by atoms with Gasteiger partial charge in [-0.25, -0.2) is 4.99 Å². The zero-order valence-corrected chi connectivity index (χ0v) is 10.1. The molecule has 0 aliphatic rings. The van der Waals surface area contributed by atoms with Crippen LogP contribution in [0.1, 0.15) is 6.92 Å². The molecular formula is C12H12F3N3O. The molecule has 19 heavy (non-hydrogen) atoms. The molecule has 0 spiro atoms. The number of aliphatic imine (C=N–C) groups is 1. The van der Waals surface area contributed by atoms with E-state index in [0.717, 1.165) is 0 Å². The molecule has 102 valence electrons. The van der Waals surface area contributed by atoms with Crippen molar-refractivity contribution in [2.45, 2.75) is 13.3 Å². The Balaban J connectivity index is 2.82. The van der Waals surface area contributed by atoms with E-state index in [2.05, 4.69) is 26.9 Å². The number of nitrogens with one attached hydrogen (secondary N) is 1. The summed E-state index contributed by atoms with van der Waals surface area (Å²) in [6.45, 7) is 1.81. The van der Waals surface area contributed by atoms with Crippen molar-refractivity contribution in [3.8, 4) is 17.6 Å². The second kappa shape index (κ2) is 6.54. The predicted octanol–water partition coefficient (Wildman–Crippen LogP) is 2.34. The van der Waals surface area contributed by atoms with Gasteiger partial charge in [-0.1, -0.05) is 18.1 Å². The van der Waals surface area contributed by atoms with E-state index >= 15 is 0 Å². The number of anilines is 1. The average Bonchev–Trinajstić information content (AvgIpc) is 2.30. The van der Waals surface area contributed by atoms with Crippen LogP contribution in [0.2, 0.25) is 0 Å². The number of guanidine groups is 1. The maximum absolute atomic E-state index is 12.2. The molecule has 1 aromatic carbocycles. The molecule has 0 aromatic heterocycles. The third-order valence-corrected chi connectivity index (χ3v) is 1.88. The fraction of sp³-hybridized carbons (Fsp3) is 0.250. The Morgan fingerprint density at radius 2 is 2.11 bits per heavy atom. The van der Waals surface area contributed by atoms with Crippen molar-refractivity contribution in [3.05, 3.63) is 24.3 Å². The summed E-state index contributed by atoms with van der Waals surface area (Å²) < 4.78 is 40.4. The number of nitrogens with two attached hydrogens (primary N) is 1. The Kier molecular flexibility index (Phi) is 5.06. The number of hydrogen-bond acceptors (Lipinski definition) is 2. The zero-order chi connectivity index (χ0) is 14.3. The van der Waals surface area contributed by atoms with Gasteiger partial charge in [0.2, 0.25) is 0 Å². The minimum Gasteiger partial charge on any atom is -0.404 e. The first kappa shape index (κ1) is 14.7. The molecule has 0 amide bonds. The number of hydrogen-bond donors (Lipinski definition) is 2. The SMILES string of the molecule is CC#CCN=C(N)Nc1ccccc1OC(F)(F)F. The van der Waals surface area contributed by atoms with Gasteiger partial charge in [0.05, 0.1) is 5.69 Å². The highest BCUT2D eigenvalue weighted by Crippen LogP contribution is 2.29. The monoisotopic (exact) mass is 271 g/mol. The lowest BCUT2D eigenvalue weighted by Gasteiger charge is -2.13. The van der Waals surface area contributed by atoms with Gasteiger partial charge in [-0.15, -0.1) is 19.1 Å². The molecule has 0 radical (unpaired) electrons. The maximum atomic E-state index is 12.2. The Hall–Kier alpha value is -2.36. The van der Waals surface area contributed by atoms with Crippen LogP contribution in [0.3, 0.4) is 0 Å². The molecule has 4 nitrogen and oxygen atoms in total. The van der Waals surface area contributed by atoms with Gasteiger partial charge in [0, 0.05) is 0 Å². The molecule has 0 saturated carbocycles. The van der Waals surface area contributed by atoms with E-state index in [1.54, 1.807) is 13.0 Å². The number of alkyl halides is 3. The number of benzene rings is 1. The molecule has 0 unspecified atom stereocenters. The number of nitrogens with zero attached hydrogens (tertiary/aromatic N) is 1. The van der Waals surface area contributed by atoms with Gasteiger partial charge in [-0.3, -0.25) is 0 Å². The van der Waals surface area contributed by atoms with Crippen LogP contribution in [-0.4, -0.2) is 18.9 Å². The second-order valence-electron chi connectivity index (χ2n) is 3.30. The average molecular weight is 271 g/mol. The highest BCUT2D eigenvalue weighted by molar-refractivity contribution is 5.93. The Labute approximate surface area is 108 Å². The number of ether oxygens (including phenoxy) is 1. The fourth-order valence-corrected chi connectivity index (χ4v) is 1.16. The number of para-hydroxylation sites is 2. The summed E-state index contributed by atoms with van der Waals surface area (Å²) in [5, 5.41) is 2.53. The number of halogens is 3. The molecule has 1 rings (SSSR count). The van der Waals surface area contributed by atoms with Gasteiger partial charge >= 0.3 is 6.36 Å². The van der Waals surface area contributed by atoms with E-state index in [0.29, 0.717) is 0 Å². The summed E-state index contributed by atoms with van der Waals surface area (Å²) in [5.41, 5.74) is 5.59. The lowest BCUT2D eigenvalue weighted by atomic mass is 10.3. The molecule has 3 N–H and O–H groups in total. The van der Waals surface area contributed by atoms with Crippen LogP contribution in [0.25, 0.3) is 0 Å². The summed E-state index contributed by atoms with van der Waals surface area (Å²) in [6.07, 6.45) is -4.77. The largest absolute Gasteiger partial charge is 0.573 e. The van der Waals surface area contributed by atoms with Gasteiger partial charge in [0.15, 0.2) is 11.7 Å². The molecule has 0 bridgehead atoms. The van der Waals surface area contributed by atoms with Gasteiger partial charge in [-0.2, -0.15) is 0 Å². The van der Waals surface area contributed by atoms with Crippen molar-refractivity contribution >= 4 is 11.6 Å². The van der Waals surface area contributed by atoms with E-state index in [-0.39, 0.29) is 23.9 Å². The van der Waals surface area contributed by atoms with Crippen LogP contribution in [0.15, 0.2) is 29.3 Å². The standard InChI is InChI=1S/C12H12F3N3O/c1-2-3-8-17-11(16)18-9-6-4-5-7-10(9)19-12(13,14)15/h4-7H,8H2,1H3,(H3,16,17,18). The van der Waals surface area contributed by atoms with E-state index in [9.17, 15) is 13.2 Å². The number of rotatable bonds is 3. The summed E-state index contributed by atoms with van der Waals surface area (Å²) in [6, 6.07) is 5.54. The van der Waals surface area contributed by atoms with Gasteiger partial charge < -0.3 is 15.8 Å². The summed E-state index contributed by atoms with van der Waals surface area (Å²) in [5.74, 6) is 4.84. The van der Waals surface area contributed by atoms with Crippen LogP contribution in [-0.2, 0) is 0 Å². The van der Waals surface area contributed by atoms with Gasteiger partial charge in [-0.05, 0) is 19.1 Å². The molecule has 1 aromatic rings. The van der Waals surface area contributed by atoms with Crippen LogP contribution in [0, 0.1) is 11.8 Å². The van der Waals surface area contributed by atoms with E-state index in [1.807, 2.05) is 0 Å². The predicted molar refractivity (Wildman–Crippen MR) is 66.7 cm³/mol. The molecule has 0 atom stereocenters. The minimum atomic E-state index is -4.77. The zero-order valence-electron chi connectivity index (χ0n) is 10.1. The first-order valence-electron chi connectivity index (χ1n) is 5.23. The van der Waals surface area contributed by atoms with Crippen LogP contribution in [0.4, 0.5) is 18.9 Å². The quantitative estimate of drug-likeness (QED) is 0.504. The third kappa shape index (κ3) is 5.68. The van der Waals surface area contributed by atoms with Crippen molar-refractivity contribution in [1.82, 2.24) is 0 Å². The van der Waals surface area contributed by atoms with Crippen molar-refractivity contribution in [2.24, 2.45) is 10.7 Å². The Bertz CT molecular complexity index is 515. The molecule has 0 fully saturated rings. The molecule has 0 saturated heterocycles. The normalized spacial score (nSPS) is 11.5. The Morgan fingerprint density at radius 3 is 2.74 bits per heavy atom. The van der Waals surface area contributed by atoms with Crippen LogP contribution in [0.5, 0.6) is 5.75 Å². The van der Waals surface area contributed by atoms with E-state index in [4.69, 9.17) is 5.73 Å². The van der Waals surface area contributed by atoms with Crippen LogP contribution < -0.4 is 15.8 Å². The van der Waals surface area contributed by atoms with Crippen molar-refractivity contribution in [1.29, 1.82) is 0 Å². The van der Waals surface area contributed by atoms with Crippen LogP contribution >= 0.6 is 0 Å². The maximum Gasteiger partial charge on any atom is 0.573 e. The smallest absolute Gasteiger partial charge is 0.404 e. The first-order chi connectivity index (χ1) is 8.92. The third-order valence-electron chi connectivity index (χ3n) is 1.88. The highest BCUT2D eigenvalue weighted by Gasteiger charge is 2.32. The van der Waals surface area contributed by atoms with E-state index < -0.39 is 6.36 Å². The lowest BCUT2D eigenvalue weighted by molar-refractivity contribution is -0.274. The minimum absolute atomic E-state index is 0.0408. The van der Waals surface area contributed by atoms with Gasteiger partial charge in [0.25, 0.3) is 0 Å². The second-order valence-corrected chi connectivity index (χ2v) is 3.30. The first-order valence-corrected chi connectivity index (χ1v) is 5.23. The summed E-state index contributed by atoms with van der Waals surface area (Å²) in [7, 11) is 0. The summed E-state index contributed by atoms with van der Waals surface area (Å²) in [4.78, 5) is 3.82. The highest BCUT2D eigenvalue weighted by atomic mass is 19.4. The topological polar surface area (TPSA) is 59.6 Å². The van der Waals surface area contributed by atoms with Gasteiger partial charge in [0.1, 0.15) is 6.54 Å². The molecule has 0 aliphatic heterocycles. The van der Waals surface area contributed by atoms with Crippen molar-refractivity contribution in [3.63, 3.8) is 0 Å². The van der Waals surface area contributed by atoms with E-state index in [1.165, 1.54) is 18.2 Å². The van der Waals surface area contributed by atoms with Crippen molar-refractivity contribution in [2.75, 3.05) is 11.9 Å². The lowest BCUT2D eigenvalue weighted by Crippen LogP contribution is -2.24. The molecule has 0 aliphatic carbocycles. The molecule has 7 heteroatoms. The van der Waals surface area contributed by atoms with Crippen molar-refractivity contribution < 1.29 is 17.9 Å². The Morgan fingerprint density at radius 1 is 1.42 bits per heavy atom. The molecular weight excluding hydrogens is 259 g/mol. The summed E-state index contributed by atoms with van der Waals surface area (Å²) >= 11 is 0. The molecule has 0 heterocycles.